The van der Waals surface area contributed by atoms with Crippen LogP contribution in [0.5, 0.6) is 0 Å². The topological polar surface area (TPSA) is 98.0 Å². The van der Waals surface area contributed by atoms with Crippen LogP contribution in [-0.4, -0.2) is 20.8 Å². The lowest BCUT2D eigenvalue weighted by atomic mass is 10.1. The Balaban J connectivity index is 1.80. The Labute approximate surface area is 134 Å². The van der Waals surface area contributed by atoms with Gasteiger partial charge in [-0.25, -0.2) is 4.98 Å². The number of nitro benzene ring substituents is 1. The van der Waals surface area contributed by atoms with Gasteiger partial charge in [-0.3, -0.25) is 25.2 Å². The maximum Gasteiger partial charge on any atom is 0.270 e. The molecule has 0 spiro atoms. The van der Waals surface area contributed by atoms with E-state index in [2.05, 4.69) is 15.3 Å². The summed E-state index contributed by atoms with van der Waals surface area (Å²) >= 11 is 1.25. The molecule has 0 fully saturated rings. The molecule has 1 aromatic carbocycles. The van der Waals surface area contributed by atoms with Crippen LogP contribution in [0.3, 0.4) is 0 Å². The van der Waals surface area contributed by atoms with Gasteiger partial charge in [0.1, 0.15) is 0 Å². The van der Waals surface area contributed by atoms with Gasteiger partial charge in [-0.15, -0.1) is 11.3 Å². The summed E-state index contributed by atoms with van der Waals surface area (Å²) < 4.78 is 0. The number of thiazole rings is 1. The van der Waals surface area contributed by atoms with E-state index in [-0.39, 0.29) is 11.6 Å². The SMILES string of the molecule is O=C(Nc1nc(-c2cccc([N+](=O)[O-])c2)cs1)c1cccnc1. The molecule has 0 saturated carbocycles. The van der Waals surface area contributed by atoms with Crippen LogP contribution >= 0.6 is 11.3 Å². The van der Waals surface area contributed by atoms with E-state index in [0.717, 1.165) is 0 Å². The molecule has 1 amide bonds. The van der Waals surface area contributed by atoms with E-state index in [0.29, 0.717) is 22.0 Å². The van der Waals surface area contributed by atoms with E-state index in [9.17, 15) is 14.9 Å². The lowest BCUT2D eigenvalue weighted by molar-refractivity contribution is -0.384. The van der Waals surface area contributed by atoms with Crippen molar-refractivity contribution >= 4 is 28.1 Å². The third kappa shape index (κ3) is 3.38. The van der Waals surface area contributed by atoms with Gasteiger partial charge >= 0.3 is 0 Å². The first-order valence-corrected chi connectivity index (χ1v) is 7.43. The van der Waals surface area contributed by atoms with Gasteiger partial charge < -0.3 is 0 Å². The number of nitro groups is 1. The van der Waals surface area contributed by atoms with Gasteiger partial charge in [-0.05, 0) is 12.1 Å². The van der Waals surface area contributed by atoms with Gasteiger partial charge in [0.15, 0.2) is 5.13 Å². The predicted octanol–water partition coefficient (Wildman–Crippen LogP) is 3.37. The minimum Gasteiger partial charge on any atom is -0.298 e. The number of rotatable bonds is 4. The average Bonchev–Trinajstić information content (AvgIpc) is 3.04. The van der Waals surface area contributed by atoms with Crippen LogP contribution in [0.1, 0.15) is 10.4 Å². The van der Waals surface area contributed by atoms with Gasteiger partial charge in [0.05, 0.1) is 16.2 Å². The van der Waals surface area contributed by atoms with E-state index in [1.807, 2.05) is 0 Å². The Kier molecular flexibility index (Phi) is 4.07. The highest BCUT2D eigenvalue weighted by Crippen LogP contribution is 2.27. The van der Waals surface area contributed by atoms with Gasteiger partial charge in [-0.1, -0.05) is 12.1 Å². The van der Waals surface area contributed by atoms with Crippen molar-refractivity contribution in [3.63, 3.8) is 0 Å². The summed E-state index contributed by atoms with van der Waals surface area (Å²) in [6.07, 6.45) is 3.05. The lowest BCUT2D eigenvalue weighted by Gasteiger charge is -2.00. The molecular weight excluding hydrogens is 316 g/mol. The number of aromatic nitrogens is 2. The minimum absolute atomic E-state index is 0.00329. The molecule has 1 N–H and O–H groups in total. The quantitative estimate of drug-likeness (QED) is 0.585. The molecule has 7 nitrogen and oxygen atoms in total. The number of carbonyl (C=O) groups is 1. The van der Waals surface area contributed by atoms with Crippen molar-refractivity contribution in [2.75, 3.05) is 5.32 Å². The highest BCUT2D eigenvalue weighted by molar-refractivity contribution is 7.14. The average molecular weight is 326 g/mol. The molecule has 2 heterocycles. The van der Waals surface area contributed by atoms with Crippen molar-refractivity contribution in [2.45, 2.75) is 0 Å². The number of hydrogen-bond acceptors (Lipinski definition) is 6. The maximum absolute atomic E-state index is 12.0. The number of benzene rings is 1. The molecule has 0 aliphatic carbocycles. The summed E-state index contributed by atoms with van der Waals surface area (Å²) in [5, 5.41) is 15.6. The molecule has 0 aliphatic heterocycles. The van der Waals surface area contributed by atoms with Crippen molar-refractivity contribution < 1.29 is 9.72 Å². The fourth-order valence-electron chi connectivity index (χ4n) is 1.91. The standard InChI is InChI=1S/C15H10N4O3S/c20-14(11-4-2-6-16-8-11)18-15-17-13(9-23-15)10-3-1-5-12(7-10)19(21)22/h1-9H,(H,17,18,20). The second kappa shape index (κ2) is 6.32. The van der Waals surface area contributed by atoms with Crippen molar-refractivity contribution in [1.29, 1.82) is 0 Å². The molecule has 114 valence electrons. The molecule has 0 aliphatic rings. The summed E-state index contributed by atoms with van der Waals surface area (Å²) in [4.78, 5) is 30.6. The van der Waals surface area contributed by atoms with Crippen LogP contribution in [-0.2, 0) is 0 Å². The van der Waals surface area contributed by atoms with Crippen LogP contribution in [0.2, 0.25) is 0 Å². The summed E-state index contributed by atoms with van der Waals surface area (Å²) in [6.45, 7) is 0. The Morgan fingerprint density at radius 3 is 2.87 bits per heavy atom. The van der Waals surface area contributed by atoms with Crippen LogP contribution in [0, 0.1) is 10.1 Å². The monoisotopic (exact) mass is 326 g/mol. The highest BCUT2D eigenvalue weighted by atomic mass is 32.1. The molecule has 2 aromatic heterocycles. The largest absolute Gasteiger partial charge is 0.298 e. The third-order valence-electron chi connectivity index (χ3n) is 3.00. The zero-order chi connectivity index (χ0) is 16.2. The molecule has 0 atom stereocenters. The molecule has 0 saturated heterocycles. The molecule has 0 unspecified atom stereocenters. The van der Waals surface area contributed by atoms with Gasteiger partial charge in [-0.2, -0.15) is 0 Å². The lowest BCUT2D eigenvalue weighted by Crippen LogP contribution is -2.11. The van der Waals surface area contributed by atoms with Crippen molar-refractivity contribution in [1.82, 2.24) is 9.97 Å². The predicted molar refractivity (Wildman–Crippen MR) is 86.4 cm³/mol. The Morgan fingerprint density at radius 2 is 2.13 bits per heavy atom. The molecule has 0 radical (unpaired) electrons. The summed E-state index contributed by atoms with van der Waals surface area (Å²) in [5.74, 6) is -0.307. The van der Waals surface area contributed by atoms with Crippen LogP contribution < -0.4 is 5.32 Å². The molecule has 8 heteroatoms. The molecule has 3 rings (SSSR count). The zero-order valence-corrected chi connectivity index (χ0v) is 12.5. The normalized spacial score (nSPS) is 10.3. The van der Waals surface area contributed by atoms with Crippen molar-refractivity contribution in [3.05, 3.63) is 69.8 Å². The Morgan fingerprint density at radius 1 is 1.26 bits per heavy atom. The molecular formula is C15H10N4O3S. The Bertz CT molecular complexity index is 864. The number of amides is 1. The first kappa shape index (κ1) is 14.8. The third-order valence-corrected chi connectivity index (χ3v) is 3.76. The number of carbonyl (C=O) groups excluding carboxylic acids is 1. The number of anilines is 1. The van der Waals surface area contributed by atoms with E-state index in [4.69, 9.17) is 0 Å². The van der Waals surface area contributed by atoms with Gasteiger partial charge in [0.25, 0.3) is 11.6 Å². The fourth-order valence-corrected chi connectivity index (χ4v) is 2.62. The maximum atomic E-state index is 12.0. The van der Waals surface area contributed by atoms with E-state index >= 15 is 0 Å². The van der Waals surface area contributed by atoms with Crippen LogP contribution in [0.25, 0.3) is 11.3 Å². The zero-order valence-electron chi connectivity index (χ0n) is 11.7. The summed E-state index contributed by atoms with van der Waals surface area (Å²) in [6, 6.07) is 9.51. The van der Waals surface area contributed by atoms with Gasteiger partial charge in [0.2, 0.25) is 0 Å². The summed E-state index contributed by atoms with van der Waals surface area (Å²) in [7, 11) is 0. The smallest absolute Gasteiger partial charge is 0.270 e. The van der Waals surface area contributed by atoms with Crippen LogP contribution in [0.4, 0.5) is 10.8 Å². The van der Waals surface area contributed by atoms with E-state index in [1.54, 1.807) is 35.8 Å². The summed E-state index contributed by atoms with van der Waals surface area (Å²) in [5.41, 5.74) is 1.62. The van der Waals surface area contributed by atoms with Crippen LogP contribution in [0.15, 0.2) is 54.2 Å². The molecule has 3 aromatic rings. The molecule has 0 bridgehead atoms. The highest BCUT2D eigenvalue weighted by Gasteiger charge is 2.12. The first-order valence-electron chi connectivity index (χ1n) is 6.55. The van der Waals surface area contributed by atoms with Crippen molar-refractivity contribution in [3.8, 4) is 11.3 Å². The fraction of sp³-hybridized carbons (Fsp3) is 0. The number of nitrogens with zero attached hydrogens (tertiary/aromatic N) is 3. The number of hydrogen-bond donors (Lipinski definition) is 1. The molecule has 23 heavy (non-hydrogen) atoms. The first-order chi connectivity index (χ1) is 11.1. The van der Waals surface area contributed by atoms with Crippen molar-refractivity contribution in [2.24, 2.45) is 0 Å². The van der Waals surface area contributed by atoms with Gasteiger partial charge in [0, 0.05) is 35.5 Å². The second-order valence-corrected chi connectivity index (χ2v) is 5.40. The second-order valence-electron chi connectivity index (χ2n) is 4.54. The van der Waals surface area contributed by atoms with E-state index < -0.39 is 4.92 Å². The Hall–Kier alpha value is -3.13. The minimum atomic E-state index is -0.457. The number of pyridine rings is 1. The van der Waals surface area contributed by atoms with E-state index in [1.165, 1.54) is 29.7 Å². The number of nitrogens with one attached hydrogen (secondary N) is 1. The number of non-ortho nitro benzene ring substituents is 1.